The van der Waals surface area contributed by atoms with Crippen LogP contribution in [0.5, 0.6) is 5.75 Å². The lowest BCUT2D eigenvalue weighted by atomic mass is 9.85. The molecule has 11 heteroatoms. The molecule has 1 aliphatic heterocycles. The van der Waals surface area contributed by atoms with E-state index < -0.39 is 11.7 Å². The largest absolute Gasteiger partial charge is 0.494 e. The Kier molecular flexibility index (Phi) is 5.81. The first-order valence-corrected chi connectivity index (χ1v) is 12.3. The first-order valence-electron chi connectivity index (χ1n) is 12.3. The average molecular weight is 505 g/mol. The molecule has 37 heavy (non-hydrogen) atoms. The topological polar surface area (TPSA) is 143 Å². The number of hydrogen-bond acceptors (Lipinski definition) is 8. The number of para-hydroxylation sites is 1. The number of pyridine rings is 1. The van der Waals surface area contributed by atoms with Crippen molar-refractivity contribution in [3.8, 4) is 16.9 Å². The molecule has 192 valence electrons. The fourth-order valence-corrected chi connectivity index (χ4v) is 4.92. The van der Waals surface area contributed by atoms with Gasteiger partial charge < -0.3 is 30.6 Å². The minimum Gasteiger partial charge on any atom is -0.494 e. The van der Waals surface area contributed by atoms with Crippen molar-refractivity contribution in [2.24, 2.45) is 11.7 Å². The van der Waals surface area contributed by atoms with Gasteiger partial charge in [0.2, 0.25) is 5.91 Å². The lowest BCUT2D eigenvalue weighted by molar-refractivity contribution is -0.242. The maximum absolute atomic E-state index is 12.2. The molecule has 2 amide bonds. The van der Waals surface area contributed by atoms with Gasteiger partial charge >= 0.3 is 0 Å². The van der Waals surface area contributed by atoms with Gasteiger partial charge in [-0.2, -0.15) is 5.10 Å². The minimum absolute atomic E-state index is 0.0216. The van der Waals surface area contributed by atoms with Gasteiger partial charge in [-0.3, -0.25) is 14.3 Å². The van der Waals surface area contributed by atoms with Crippen LogP contribution >= 0.6 is 0 Å². The molecule has 3 aliphatic rings. The van der Waals surface area contributed by atoms with Crippen molar-refractivity contribution in [2.75, 3.05) is 31.0 Å². The first kappa shape index (κ1) is 23.4. The number of carbonyl (C=O) groups excluding carboxylic acids is 2. The Balaban J connectivity index is 1.29. The lowest BCUT2D eigenvalue weighted by Gasteiger charge is -2.44. The summed E-state index contributed by atoms with van der Waals surface area (Å²) < 4.78 is 19.5. The van der Waals surface area contributed by atoms with Crippen LogP contribution in [0.15, 0.2) is 42.9 Å². The number of ether oxygens (including phenoxy) is 3. The average Bonchev–Trinajstić information content (AvgIpc) is 3.40. The Morgan fingerprint density at radius 2 is 1.97 bits per heavy atom. The van der Waals surface area contributed by atoms with Crippen LogP contribution in [-0.2, 0) is 14.3 Å². The highest BCUT2D eigenvalue weighted by Crippen LogP contribution is 2.48. The number of anilines is 3. The molecule has 1 saturated heterocycles. The third kappa shape index (κ3) is 4.30. The summed E-state index contributed by atoms with van der Waals surface area (Å²) in [5.74, 6) is -0.370. The van der Waals surface area contributed by atoms with E-state index in [0.29, 0.717) is 36.2 Å². The number of carbonyl (C=O) groups is 2. The fourth-order valence-electron chi connectivity index (χ4n) is 4.92. The van der Waals surface area contributed by atoms with E-state index in [2.05, 4.69) is 20.7 Å². The van der Waals surface area contributed by atoms with Gasteiger partial charge in [0.25, 0.3) is 5.91 Å². The van der Waals surface area contributed by atoms with E-state index >= 15 is 0 Å². The fraction of sp³-hybridized carbons (Fsp3) is 0.385. The van der Waals surface area contributed by atoms with Crippen LogP contribution in [0.2, 0.25) is 0 Å². The Morgan fingerprint density at radius 1 is 1.16 bits per heavy atom. The van der Waals surface area contributed by atoms with Crippen molar-refractivity contribution in [2.45, 2.75) is 37.5 Å². The molecule has 3 heterocycles. The van der Waals surface area contributed by atoms with Crippen molar-refractivity contribution < 1.29 is 23.8 Å². The van der Waals surface area contributed by atoms with Gasteiger partial charge in [-0.1, -0.05) is 12.1 Å². The molecule has 1 atom stereocenters. The smallest absolute Gasteiger partial charge is 0.252 e. The molecule has 0 radical (unpaired) electrons. The molecule has 1 aromatic carbocycles. The second-order valence-electron chi connectivity index (χ2n) is 9.53. The van der Waals surface area contributed by atoms with E-state index in [0.717, 1.165) is 36.8 Å². The van der Waals surface area contributed by atoms with E-state index in [1.807, 2.05) is 29.1 Å². The van der Waals surface area contributed by atoms with E-state index in [4.69, 9.17) is 19.9 Å². The summed E-state index contributed by atoms with van der Waals surface area (Å²) >= 11 is 0. The van der Waals surface area contributed by atoms with Gasteiger partial charge in [-0.15, -0.1) is 0 Å². The van der Waals surface area contributed by atoms with Crippen molar-refractivity contribution in [1.82, 2.24) is 14.8 Å². The predicted octanol–water partition coefficient (Wildman–Crippen LogP) is 3.22. The number of nitrogens with one attached hydrogen (secondary N) is 2. The zero-order valence-corrected chi connectivity index (χ0v) is 20.4. The van der Waals surface area contributed by atoms with Crippen molar-refractivity contribution in [3.05, 3.63) is 48.4 Å². The minimum atomic E-state index is -0.641. The number of aromatic nitrogens is 3. The van der Waals surface area contributed by atoms with Crippen LogP contribution in [-0.4, -0.2) is 52.7 Å². The highest BCUT2D eigenvalue weighted by molar-refractivity contribution is 6.01. The Hall–Kier alpha value is -3.96. The lowest BCUT2D eigenvalue weighted by Crippen LogP contribution is -2.49. The van der Waals surface area contributed by atoms with Crippen molar-refractivity contribution in [1.29, 1.82) is 0 Å². The highest BCUT2D eigenvalue weighted by atomic mass is 16.7. The summed E-state index contributed by atoms with van der Waals surface area (Å²) in [5, 5.41) is 10.6. The van der Waals surface area contributed by atoms with Gasteiger partial charge in [0.05, 0.1) is 43.5 Å². The van der Waals surface area contributed by atoms with Crippen LogP contribution in [0, 0.1) is 5.92 Å². The molecule has 0 bridgehead atoms. The standard InChI is InChI=1S/C26H28N6O5/c1-35-23-17(16-12-29-32(14-16)21-7-8-26(21)36-9-10-37-26)3-2-4-19(23)30-20-11-22(28-13-18(20)24(27)33)31-25(34)15-5-6-15/h2-4,11-15,21H,5-10H2,1H3,(H2,27,33)(H2,28,30,31,34)/t21-/m0/s1. The summed E-state index contributed by atoms with van der Waals surface area (Å²) in [6, 6.07) is 7.28. The molecule has 2 aromatic heterocycles. The first-order chi connectivity index (χ1) is 18.0. The van der Waals surface area contributed by atoms with Crippen LogP contribution in [0.1, 0.15) is 42.1 Å². The zero-order chi connectivity index (χ0) is 25.6. The van der Waals surface area contributed by atoms with E-state index in [9.17, 15) is 9.59 Å². The maximum Gasteiger partial charge on any atom is 0.252 e. The summed E-state index contributed by atoms with van der Waals surface area (Å²) in [4.78, 5) is 28.5. The van der Waals surface area contributed by atoms with E-state index in [-0.39, 0.29) is 23.4 Å². The molecule has 2 aliphatic carbocycles. The molecule has 2 saturated carbocycles. The Labute approximate surface area is 213 Å². The number of benzene rings is 1. The van der Waals surface area contributed by atoms with Crippen molar-refractivity contribution in [3.63, 3.8) is 0 Å². The Morgan fingerprint density at radius 3 is 2.65 bits per heavy atom. The van der Waals surface area contributed by atoms with Gasteiger partial charge in [0.15, 0.2) is 5.79 Å². The Bertz CT molecular complexity index is 1360. The second-order valence-corrected chi connectivity index (χ2v) is 9.53. The molecular weight excluding hydrogens is 476 g/mol. The molecule has 11 nitrogen and oxygen atoms in total. The molecule has 1 spiro atoms. The van der Waals surface area contributed by atoms with Crippen LogP contribution < -0.4 is 21.1 Å². The summed E-state index contributed by atoms with van der Waals surface area (Å²) in [6.07, 6.45) is 8.64. The molecule has 3 fully saturated rings. The van der Waals surface area contributed by atoms with Crippen LogP contribution in [0.25, 0.3) is 11.1 Å². The highest BCUT2D eigenvalue weighted by Gasteiger charge is 2.53. The number of primary amides is 1. The molecule has 3 aromatic rings. The van der Waals surface area contributed by atoms with Crippen LogP contribution in [0.4, 0.5) is 17.2 Å². The predicted molar refractivity (Wildman–Crippen MR) is 135 cm³/mol. The third-order valence-corrected chi connectivity index (χ3v) is 7.14. The number of nitrogens with two attached hydrogens (primary N) is 1. The number of amides is 2. The molecule has 0 unspecified atom stereocenters. The van der Waals surface area contributed by atoms with E-state index in [1.165, 1.54) is 6.20 Å². The SMILES string of the molecule is COc1c(Nc2cc(NC(=O)C3CC3)ncc2C(N)=O)cccc1-c1cnn([C@H]2CCC23OCCO3)c1. The van der Waals surface area contributed by atoms with Gasteiger partial charge in [-0.25, -0.2) is 4.98 Å². The van der Waals surface area contributed by atoms with Crippen molar-refractivity contribution >= 4 is 29.0 Å². The quantitative estimate of drug-likeness (QED) is 0.424. The molecule has 6 rings (SSSR count). The molecular formula is C26H28N6O5. The van der Waals surface area contributed by atoms with Crippen LogP contribution in [0.3, 0.4) is 0 Å². The number of hydrogen-bond donors (Lipinski definition) is 3. The number of nitrogens with zero attached hydrogens (tertiary/aromatic N) is 3. The molecule has 4 N–H and O–H groups in total. The zero-order valence-electron chi connectivity index (χ0n) is 20.4. The number of methoxy groups -OCH3 is 1. The number of rotatable bonds is 8. The normalized spacial score (nSPS) is 19.9. The maximum atomic E-state index is 12.2. The van der Waals surface area contributed by atoms with E-state index in [1.54, 1.807) is 19.4 Å². The summed E-state index contributed by atoms with van der Waals surface area (Å²) in [5.41, 5.74) is 8.49. The third-order valence-electron chi connectivity index (χ3n) is 7.14. The van der Waals surface area contributed by atoms with Gasteiger partial charge in [-0.05, 0) is 25.3 Å². The second kappa shape index (κ2) is 9.16. The summed E-state index contributed by atoms with van der Waals surface area (Å²) in [6.45, 7) is 1.20. The monoisotopic (exact) mass is 504 g/mol. The summed E-state index contributed by atoms with van der Waals surface area (Å²) in [7, 11) is 1.58. The van der Waals surface area contributed by atoms with Gasteiger partial charge in [0, 0.05) is 41.9 Å². The van der Waals surface area contributed by atoms with Gasteiger partial charge in [0.1, 0.15) is 17.6 Å².